The van der Waals surface area contributed by atoms with Crippen molar-refractivity contribution in [2.45, 2.75) is 19.8 Å². The van der Waals surface area contributed by atoms with Crippen molar-refractivity contribution in [1.82, 2.24) is 19.7 Å². The molecule has 0 bridgehead atoms. The Labute approximate surface area is 160 Å². The van der Waals surface area contributed by atoms with Crippen molar-refractivity contribution in [2.24, 2.45) is 13.0 Å². The molecule has 1 N–H and O–H groups in total. The minimum Gasteiger partial charge on any atom is -0.344 e. The second-order valence-corrected chi connectivity index (χ2v) is 7.63. The first kappa shape index (κ1) is 17.7. The average Bonchev–Trinajstić information content (AvgIpc) is 3.00. The topological polar surface area (TPSA) is 46.0 Å². The van der Waals surface area contributed by atoms with E-state index in [4.69, 9.17) is 0 Å². The van der Waals surface area contributed by atoms with Crippen molar-refractivity contribution in [3.05, 3.63) is 54.6 Å². The van der Waals surface area contributed by atoms with Crippen LogP contribution in [0, 0.1) is 12.8 Å². The van der Waals surface area contributed by atoms with Crippen LogP contribution in [-0.2, 0) is 7.05 Å². The largest absolute Gasteiger partial charge is 0.344 e. The first-order valence-electron chi connectivity index (χ1n) is 9.54. The zero-order valence-electron chi connectivity index (χ0n) is 16.4. The van der Waals surface area contributed by atoms with Gasteiger partial charge in [-0.15, -0.1) is 0 Å². The second kappa shape index (κ2) is 7.16. The van der Waals surface area contributed by atoms with Crippen LogP contribution >= 0.6 is 0 Å². The van der Waals surface area contributed by atoms with Gasteiger partial charge in [0.1, 0.15) is 5.82 Å². The van der Waals surface area contributed by atoms with Crippen molar-refractivity contribution in [3.63, 3.8) is 0 Å². The van der Waals surface area contributed by atoms with Crippen molar-refractivity contribution >= 4 is 16.6 Å². The number of nitrogens with zero attached hydrogens (tertiary/aromatic N) is 4. The van der Waals surface area contributed by atoms with E-state index >= 15 is 0 Å². The molecule has 0 saturated carbocycles. The molecule has 1 aliphatic rings. The molecule has 0 radical (unpaired) electrons. The third kappa shape index (κ3) is 3.60. The number of aromatic nitrogens is 3. The fourth-order valence-electron chi connectivity index (χ4n) is 3.78. The second-order valence-electron chi connectivity index (χ2n) is 7.63. The molecule has 0 spiro atoms. The molecule has 3 heterocycles. The van der Waals surface area contributed by atoms with Crippen LogP contribution in [0.2, 0.25) is 0 Å². The summed E-state index contributed by atoms with van der Waals surface area (Å²) < 4.78 is 1.91. The molecule has 4 rings (SSSR count). The number of pyridine rings is 1. The van der Waals surface area contributed by atoms with Crippen LogP contribution in [-0.4, -0.2) is 39.8 Å². The Morgan fingerprint density at radius 1 is 1.11 bits per heavy atom. The van der Waals surface area contributed by atoms with Gasteiger partial charge >= 0.3 is 0 Å². The number of fused-ring (bicyclic) bond motifs is 1. The SMILES string of the molecule is C=C(Nc1cc2cc(-c3cnn(C)c3C)ccc2cn1)C1CCN(C)CC1. The Kier molecular flexibility index (Phi) is 4.70. The van der Waals surface area contributed by atoms with Gasteiger partial charge < -0.3 is 10.2 Å². The van der Waals surface area contributed by atoms with E-state index in [0.717, 1.165) is 48.5 Å². The smallest absolute Gasteiger partial charge is 0.130 e. The Morgan fingerprint density at radius 2 is 1.89 bits per heavy atom. The Balaban J connectivity index is 1.57. The number of benzene rings is 1. The lowest BCUT2D eigenvalue weighted by Crippen LogP contribution is -2.31. The highest BCUT2D eigenvalue weighted by molar-refractivity contribution is 5.88. The summed E-state index contributed by atoms with van der Waals surface area (Å²) in [5.74, 6) is 1.38. The van der Waals surface area contributed by atoms with Crippen LogP contribution in [0.3, 0.4) is 0 Å². The van der Waals surface area contributed by atoms with E-state index in [1.165, 1.54) is 16.5 Å². The van der Waals surface area contributed by atoms with E-state index in [9.17, 15) is 0 Å². The number of rotatable bonds is 4. The number of aryl methyl sites for hydroxylation is 1. The fraction of sp³-hybridized carbons (Fsp3) is 0.364. The van der Waals surface area contributed by atoms with Gasteiger partial charge in [-0.1, -0.05) is 18.7 Å². The fourth-order valence-corrected chi connectivity index (χ4v) is 3.78. The van der Waals surface area contributed by atoms with Gasteiger partial charge in [-0.05, 0) is 63.0 Å². The first-order chi connectivity index (χ1) is 13.0. The summed E-state index contributed by atoms with van der Waals surface area (Å²) in [6, 6.07) is 8.59. The van der Waals surface area contributed by atoms with Gasteiger partial charge in [-0.2, -0.15) is 5.10 Å². The molecule has 1 aromatic carbocycles. The summed E-state index contributed by atoms with van der Waals surface area (Å²) in [6.07, 6.45) is 6.17. The Morgan fingerprint density at radius 3 is 2.59 bits per heavy atom. The summed E-state index contributed by atoms with van der Waals surface area (Å²) in [5, 5.41) is 10.1. The van der Waals surface area contributed by atoms with Gasteiger partial charge in [0, 0.05) is 41.5 Å². The van der Waals surface area contributed by atoms with Crippen LogP contribution in [0.4, 0.5) is 5.82 Å². The lowest BCUT2D eigenvalue weighted by atomic mass is 9.94. The van der Waals surface area contributed by atoms with E-state index < -0.39 is 0 Å². The van der Waals surface area contributed by atoms with Crippen molar-refractivity contribution < 1.29 is 0 Å². The summed E-state index contributed by atoms with van der Waals surface area (Å²) in [7, 11) is 4.15. The predicted octanol–water partition coefficient (Wildman–Crippen LogP) is 4.21. The normalized spacial score (nSPS) is 16.0. The molecule has 5 nitrogen and oxygen atoms in total. The number of piperidine rings is 1. The van der Waals surface area contributed by atoms with Gasteiger partial charge in [0.15, 0.2) is 0 Å². The van der Waals surface area contributed by atoms with Gasteiger partial charge in [0.2, 0.25) is 0 Å². The van der Waals surface area contributed by atoms with Crippen LogP contribution in [0.15, 0.2) is 48.9 Å². The molecule has 0 aliphatic carbocycles. The van der Waals surface area contributed by atoms with E-state index in [0.29, 0.717) is 5.92 Å². The summed E-state index contributed by atoms with van der Waals surface area (Å²) >= 11 is 0. The van der Waals surface area contributed by atoms with Crippen LogP contribution in [0.5, 0.6) is 0 Å². The molecule has 1 aliphatic heterocycles. The first-order valence-corrected chi connectivity index (χ1v) is 9.54. The number of hydrogen-bond acceptors (Lipinski definition) is 4. The van der Waals surface area contributed by atoms with Crippen molar-refractivity contribution in [2.75, 3.05) is 25.5 Å². The molecule has 0 unspecified atom stereocenters. The number of hydrogen-bond donors (Lipinski definition) is 1. The molecule has 140 valence electrons. The molecule has 2 aromatic heterocycles. The van der Waals surface area contributed by atoms with Crippen molar-refractivity contribution in [1.29, 1.82) is 0 Å². The maximum atomic E-state index is 4.58. The maximum absolute atomic E-state index is 4.58. The van der Waals surface area contributed by atoms with Crippen LogP contribution in [0.25, 0.3) is 21.9 Å². The number of anilines is 1. The van der Waals surface area contributed by atoms with E-state index in [2.05, 4.69) is 65.1 Å². The van der Waals surface area contributed by atoms with Crippen molar-refractivity contribution in [3.8, 4) is 11.1 Å². The highest BCUT2D eigenvalue weighted by Crippen LogP contribution is 2.29. The summed E-state index contributed by atoms with van der Waals surface area (Å²) in [4.78, 5) is 6.96. The quantitative estimate of drug-likeness (QED) is 0.756. The molecule has 1 saturated heterocycles. The monoisotopic (exact) mass is 361 g/mol. The lowest BCUT2D eigenvalue weighted by Gasteiger charge is -2.30. The van der Waals surface area contributed by atoms with Crippen LogP contribution < -0.4 is 5.32 Å². The number of likely N-dealkylation sites (tertiary alicyclic amines) is 1. The van der Waals surface area contributed by atoms with Gasteiger partial charge in [0.05, 0.1) is 6.20 Å². The molecule has 27 heavy (non-hydrogen) atoms. The number of allylic oxidation sites excluding steroid dienone is 1. The molecule has 0 amide bonds. The molecule has 0 atom stereocenters. The van der Waals surface area contributed by atoms with E-state index in [-0.39, 0.29) is 0 Å². The Hall–Kier alpha value is -2.66. The molecular formula is C22H27N5. The van der Waals surface area contributed by atoms with E-state index in [1.807, 2.05) is 24.1 Å². The van der Waals surface area contributed by atoms with Gasteiger partial charge in [0.25, 0.3) is 0 Å². The highest BCUT2D eigenvalue weighted by atomic mass is 15.3. The van der Waals surface area contributed by atoms with E-state index in [1.54, 1.807) is 0 Å². The zero-order valence-corrected chi connectivity index (χ0v) is 16.4. The highest BCUT2D eigenvalue weighted by Gasteiger charge is 2.19. The van der Waals surface area contributed by atoms with Crippen LogP contribution in [0.1, 0.15) is 18.5 Å². The third-order valence-electron chi connectivity index (χ3n) is 5.77. The third-order valence-corrected chi connectivity index (χ3v) is 5.77. The predicted molar refractivity (Wildman–Crippen MR) is 112 cm³/mol. The van der Waals surface area contributed by atoms with Gasteiger partial charge in [-0.25, -0.2) is 4.98 Å². The summed E-state index contributed by atoms with van der Waals surface area (Å²) in [5.41, 5.74) is 4.59. The molecule has 3 aromatic rings. The minimum atomic E-state index is 0.517. The average molecular weight is 361 g/mol. The standard InChI is InChI=1S/C22H27N5/c1-15(17-7-9-26(3)10-8-17)25-22-12-20-11-18(5-6-19(20)13-23-22)21-14-24-27(4)16(21)2/h5-6,11-14,17H,1,7-10H2,2-4H3,(H,23,25). The summed E-state index contributed by atoms with van der Waals surface area (Å²) in [6.45, 7) is 8.63. The minimum absolute atomic E-state index is 0.517. The number of nitrogens with one attached hydrogen (secondary N) is 1. The molecule has 5 heteroatoms. The lowest BCUT2D eigenvalue weighted by molar-refractivity contribution is 0.239. The maximum Gasteiger partial charge on any atom is 0.130 e. The molecule has 1 fully saturated rings. The van der Waals surface area contributed by atoms with Gasteiger partial charge in [-0.3, -0.25) is 4.68 Å². The Bertz CT molecular complexity index is 980. The zero-order chi connectivity index (χ0) is 19.0. The molecular weight excluding hydrogens is 334 g/mol.